The molecule has 1 atom stereocenters. The topological polar surface area (TPSA) is 122 Å². The fourth-order valence-corrected chi connectivity index (χ4v) is 5.65. The number of anilines is 1. The van der Waals surface area contributed by atoms with Crippen LogP contribution in [-0.2, 0) is 32.7 Å². The molecule has 0 bridgehead atoms. The van der Waals surface area contributed by atoms with Gasteiger partial charge in [0.2, 0.25) is 5.91 Å². The lowest BCUT2D eigenvalue weighted by Crippen LogP contribution is -2.49. The molecule has 12 heteroatoms. The quantitative estimate of drug-likeness (QED) is 0.252. The Morgan fingerprint density at radius 2 is 2.00 bits per heavy atom. The number of hydrogen-bond donors (Lipinski definition) is 3. The second-order valence-corrected chi connectivity index (χ2v) is 12.8. The number of carboxylic acid groups (broad SMARTS) is 1. The minimum atomic E-state index is -1.07. The van der Waals surface area contributed by atoms with Crippen molar-refractivity contribution >= 4 is 40.9 Å². The Labute approximate surface area is 252 Å². The van der Waals surface area contributed by atoms with Crippen LogP contribution >= 0.6 is 23.2 Å². The number of carboxylic acids is 1. The van der Waals surface area contributed by atoms with Crippen LogP contribution in [0.5, 0.6) is 0 Å². The van der Waals surface area contributed by atoms with Crippen LogP contribution in [0.25, 0.3) is 0 Å². The maximum Gasteiger partial charge on any atom is 0.326 e. The van der Waals surface area contributed by atoms with Gasteiger partial charge in [0.1, 0.15) is 22.6 Å². The first-order valence-corrected chi connectivity index (χ1v) is 15.3. The van der Waals surface area contributed by atoms with Gasteiger partial charge in [-0.05, 0) is 90.3 Å². The van der Waals surface area contributed by atoms with E-state index in [4.69, 9.17) is 32.9 Å². The summed E-state index contributed by atoms with van der Waals surface area (Å²) in [5.74, 6) is -0.458. The molecule has 3 heterocycles. The summed E-state index contributed by atoms with van der Waals surface area (Å²) in [6, 6.07) is 4.74. The normalized spacial score (nSPS) is 16.6. The molecule has 0 saturated heterocycles. The zero-order chi connectivity index (χ0) is 29.6. The largest absolute Gasteiger partial charge is 0.480 e. The van der Waals surface area contributed by atoms with E-state index < -0.39 is 23.5 Å². The van der Waals surface area contributed by atoms with E-state index in [0.717, 1.165) is 56.7 Å². The summed E-state index contributed by atoms with van der Waals surface area (Å²) >= 11 is 12.2. The van der Waals surface area contributed by atoms with Gasteiger partial charge in [-0.2, -0.15) is 5.10 Å². The molecule has 10 nitrogen and oxygen atoms in total. The molecule has 0 spiro atoms. The van der Waals surface area contributed by atoms with Crippen molar-refractivity contribution in [1.82, 2.24) is 25.0 Å². The molecule has 1 aliphatic heterocycles. The zero-order valence-electron chi connectivity index (χ0n) is 24.2. The highest BCUT2D eigenvalue weighted by Gasteiger charge is 2.54. The number of amides is 1. The van der Waals surface area contributed by atoms with Crippen molar-refractivity contribution in [3.63, 3.8) is 0 Å². The standard InChI is InChI=1S/C29H42Cl2N6O4/c1-28(2,3)41-18-17-36(15-5-4-8-21-10-9-20-7-6-14-32-25(20)33-21)16-11-22(26(38)39)34-27(40)29(12-13-29)37-24(31)19-23(30)35-37/h9-10,19,22H,4-8,11-18H2,1-3H3,(H,32,33)(H,34,40)(H,38,39)/t22-/m0/s1. The third kappa shape index (κ3) is 8.80. The van der Waals surface area contributed by atoms with Gasteiger partial charge in [-0.15, -0.1) is 0 Å². The number of fused-ring (bicyclic) bond motifs is 1. The van der Waals surface area contributed by atoms with Crippen LogP contribution < -0.4 is 10.6 Å². The molecule has 41 heavy (non-hydrogen) atoms. The number of aryl methyl sites for hydroxylation is 2. The number of nitrogens with zero attached hydrogens (tertiary/aromatic N) is 4. The van der Waals surface area contributed by atoms with E-state index >= 15 is 0 Å². The number of halogens is 2. The van der Waals surface area contributed by atoms with Crippen LogP contribution in [0, 0.1) is 0 Å². The number of aromatic nitrogens is 3. The SMILES string of the molecule is CC(C)(C)OCCN(CCCCc1ccc2c(n1)NCCC2)CC[C@H](NC(=O)C1(n2nc(Cl)cc2Cl)CC1)C(=O)O. The van der Waals surface area contributed by atoms with E-state index in [2.05, 4.69) is 32.8 Å². The van der Waals surface area contributed by atoms with Crippen molar-refractivity contribution < 1.29 is 19.4 Å². The zero-order valence-corrected chi connectivity index (χ0v) is 25.7. The maximum atomic E-state index is 13.2. The molecule has 1 saturated carbocycles. The number of carbonyl (C=O) groups excluding carboxylic acids is 1. The number of ether oxygens (including phenoxy) is 1. The minimum Gasteiger partial charge on any atom is -0.480 e. The Kier molecular flexibility index (Phi) is 10.5. The van der Waals surface area contributed by atoms with Crippen LogP contribution in [0.15, 0.2) is 18.2 Å². The van der Waals surface area contributed by atoms with Gasteiger partial charge in [0.15, 0.2) is 5.15 Å². The highest BCUT2D eigenvalue weighted by atomic mass is 35.5. The fourth-order valence-electron chi connectivity index (χ4n) is 5.11. The molecular formula is C29H42Cl2N6O4. The third-order valence-corrected chi connectivity index (χ3v) is 8.03. The van der Waals surface area contributed by atoms with Crippen molar-refractivity contribution in [2.45, 2.75) is 89.3 Å². The summed E-state index contributed by atoms with van der Waals surface area (Å²) in [6.45, 7) is 9.52. The summed E-state index contributed by atoms with van der Waals surface area (Å²) in [5, 5.41) is 20.6. The molecule has 3 N–H and O–H groups in total. The van der Waals surface area contributed by atoms with Gasteiger partial charge in [0.05, 0.1) is 12.2 Å². The van der Waals surface area contributed by atoms with E-state index in [9.17, 15) is 14.7 Å². The van der Waals surface area contributed by atoms with Gasteiger partial charge in [-0.25, -0.2) is 14.5 Å². The predicted octanol–water partition coefficient (Wildman–Crippen LogP) is 4.53. The molecule has 4 rings (SSSR count). The van der Waals surface area contributed by atoms with Crippen LogP contribution in [0.4, 0.5) is 5.82 Å². The summed E-state index contributed by atoms with van der Waals surface area (Å²) in [6.07, 6.45) is 6.32. The summed E-state index contributed by atoms with van der Waals surface area (Å²) in [4.78, 5) is 32.3. The van der Waals surface area contributed by atoms with Crippen LogP contribution in [0.2, 0.25) is 10.3 Å². The van der Waals surface area contributed by atoms with E-state index in [1.807, 2.05) is 20.8 Å². The molecule has 1 fully saturated rings. The van der Waals surface area contributed by atoms with E-state index in [-0.39, 0.29) is 22.3 Å². The first-order valence-electron chi connectivity index (χ1n) is 14.5. The van der Waals surface area contributed by atoms with Crippen LogP contribution in [0.3, 0.4) is 0 Å². The number of nitrogens with one attached hydrogen (secondary N) is 2. The average molecular weight is 610 g/mol. The predicted molar refractivity (Wildman–Crippen MR) is 160 cm³/mol. The molecule has 0 radical (unpaired) electrons. The van der Waals surface area contributed by atoms with Gasteiger partial charge in [-0.3, -0.25) is 4.79 Å². The number of unbranched alkanes of at least 4 members (excludes halogenated alkanes) is 1. The van der Waals surface area contributed by atoms with Gasteiger partial charge in [-0.1, -0.05) is 29.3 Å². The lowest BCUT2D eigenvalue weighted by atomic mass is 10.1. The van der Waals surface area contributed by atoms with Crippen molar-refractivity contribution in [2.24, 2.45) is 0 Å². The molecule has 2 aromatic rings. The minimum absolute atomic E-state index is 0.191. The summed E-state index contributed by atoms with van der Waals surface area (Å²) in [7, 11) is 0. The lowest BCUT2D eigenvalue weighted by Gasteiger charge is -2.27. The number of aliphatic carboxylic acids is 1. The first kappa shape index (κ1) is 31.5. The Hall–Kier alpha value is -2.40. The molecule has 2 aromatic heterocycles. The van der Waals surface area contributed by atoms with Crippen LogP contribution in [-0.4, -0.2) is 81.1 Å². The smallest absolute Gasteiger partial charge is 0.326 e. The molecule has 0 aromatic carbocycles. The highest BCUT2D eigenvalue weighted by Crippen LogP contribution is 2.45. The second-order valence-electron chi connectivity index (χ2n) is 12.0. The number of hydrogen-bond acceptors (Lipinski definition) is 7. The third-order valence-electron chi connectivity index (χ3n) is 7.58. The molecule has 1 amide bonds. The van der Waals surface area contributed by atoms with Crippen LogP contribution in [0.1, 0.15) is 70.6 Å². The van der Waals surface area contributed by atoms with Crippen molar-refractivity contribution in [3.8, 4) is 0 Å². The van der Waals surface area contributed by atoms with Crippen molar-refractivity contribution in [3.05, 3.63) is 39.8 Å². The van der Waals surface area contributed by atoms with Crippen molar-refractivity contribution in [1.29, 1.82) is 0 Å². The second kappa shape index (κ2) is 13.7. The first-order chi connectivity index (χ1) is 19.5. The summed E-state index contributed by atoms with van der Waals surface area (Å²) < 4.78 is 7.34. The molecule has 1 aliphatic carbocycles. The number of carbonyl (C=O) groups is 2. The van der Waals surface area contributed by atoms with E-state index in [1.165, 1.54) is 16.3 Å². The lowest BCUT2D eigenvalue weighted by molar-refractivity contribution is -0.143. The van der Waals surface area contributed by atoms with Crippen molar-refractivity contribution in [2.75, 3.05) is 38.1 Å². The Bertz CT molecular complexity index is 1210. The Morgan fingerprint density at radius 1 is 1.22 bits per heavy atom. The van der Waals surface area contributed by atoms with Gasteiger partial charge in [0.25, 0.3) is 0 Å². The molecule has 2 aliphatic rings. The number of pyridine rings is 1. The van der Waals surface area contributed by atoms with E-state index in [1.54, 1.807) is 0 Å². The monoisotopic (exact) mass is 608 g/mol. The number of rotatable bonds is 15. The fraction of sp³-hybridized carbons (Fsp3) is 0.655. The molecule has 226 valence electrons. The Morgan fingerprint density at radius 3 is 2.66 bits per heavy atom. The van der Waals surface area contributed by atoms with Gasteiger partial charge in [0, 0.05) is 31.4 Å². The molecule has 0 unspecified atom stereocenters. The highest BCUT2D eigenvalue weighted by molar-refractivity contribution is 6.33. The summed E-state index contributed by atoms with van der Waals surface area (Å²) in [5.41, 5.74) is 1.12. The van der Waals surface area contributed by atoms with Gasteiger partial charge < -0.3 is 25.4 Å². The molecular weight excluding hydrogens is 567 g/mol. The maximum absolute atomic E-state index is 13.2. The Balaban J connectivity index is 1.31. The van der Waals surface area contributed by atoms with Gasteiger partial charge >= 0.3 is 5.97 Å². The average Bonchev–Trinajstić information content (AvgIpc) is 3.65. The van der Waals surface area contributed by atoms with E-state index in [0.29, 0.717) is 32.5 Å².